The molecule has 0 heterocycles. The van der Waals surface area contributed by atoms with Crippen molar-refractivity contribution < 1.29 is 16.8 Å². The molecule has 0 aliphatic rings. The Balaban J connectivity index is 3.30. The molecule has 0 saturated carbocycles. The molecule has 0 aliphatic carbocycles. The number of primary sulfonamides is 1. The van der Waals surface area contributed by atoms with Gasteiger partial charge in [0, 0.05) is 13.1 Å². The molecule has 0 fully saturated rings. The molecular weight excluding hydrogens is 302 g/mol. The summed E-state index contributed by atoms with van der Waals surface area (Å²) in [6, 6.07) is 3.23. The van der Waals surface area contributed by atoms with E-state index < -0.39 is 24.9 Å². The fourth-order valence-electron chi connectivity index (χ4n) is 1.15. The fraction of sp³-hybridized carbons (Fsp3) is 0.250. The first-order valence-corrected chi connectivity index (χ1v) is 8.11. The number of nitrogens with one attached hydrogen (secondary N) is 1. The Morgan fingerprint density at radius 1 is 1.22 bits per heavy atom. The van der Waals surface area contributed by atoms with E-state index in [0.29, 0.717) is 0 Å². The van der Waals surface area contributed by atoms with Gasteiger partial charge in [-0.05, 0) is 18.2 Å². The van der Waals surface area contributed by atoms with Crippen LogP contribution in [-0.4, -0.2) is 29.9 Å². The van der Waals surface area contributed by atoms with Gasteiger partial charge >= 0.3 is 0 Å². The molecule has 0 aliphatic heterocycles. The van der Waals surface area contributed by atoms with E-state index in [1.54, 1.807) is 0 Å². The van der Waals surface area contributed by atoms with Gasteiger partial charge in [0.25, 0.3) is 0 Å². The predicted molar refractivity (Wildman–Crippen MR) is 67.1 cm³/mol. The lowest BCUT2D eigenvalue weighted by atomic mass is 10.4. The van der Waals surface area contributed by atoms with E-state index in [4.69, 9.17) is 22.5 Å². The molecule has 102 valence electrons. The first kappa shape index (κ1) is 15.3. The maximum atomic E-state index is 11.7. The fourth-order valence-corrected chi connectivity index (χ4v) is 3.36. The average Bonchev–Trinajstić information content (AvgIpc) is 2.25. The van der Waals surface area contributed by atoms with Crippen LogP contribution in [0.1, 0.15) is 0 Å². The number of nitrogens with two attached hydrogens (primary N) is 2. The van der Waals surface area contributed by atoms with Gasteiger partial charge in [0.1, 0.15) is 4.90 Å². The molecule has 0 bridgehead atoms. The first-order chi connectivity index (χ1) is 8.18. The maximum absolute atomic E-state index is 11.7. The van der Waals surface area contributed by atoms with Crippen LogP contribution in [0.2, 0.25) is 5.02 Å². The van der Waals surface area contributed by atoms with Gasteiger partial charge in [-0.1, -0.05) is 11.6 Å². The van der Waals surface area contributed by atoms with Crippen molar-refractivity contribution in [3.8, 4) is 0 Å². The Hall–Kier alpha value is -0.710. The predicted octanol–water partition coefficient (Wildman–Crippen LogP) is -0.776. The summed E-state index contributed by atoms with van der Waals surface area (Å²) in [6.07, 6.45) is 0. The summed E-state index contributed by atoms with van der Waals surface area (Å²) in [5, 5.41) is 4.78. The molecule has 0 unspecified atom stereocenters. The zero-order valence-electron chi connectivity index (χ0n) is 9.13. The number of hydrogen-bond donors (Lipinski definition) is 3. The second kappa shape index (κ2) is 5.51. The van der Waals surface area contributed by atoms with E-state index in [2.05, 4.69) is 4.72 Å². The van der Waals surface area contributed by atoms with Crippen molar-refractivity contribution in [2.75, 3.05) is 13.1 Å². The highest BCUT2D eigenvalue weighted by Gasteiger charge is 2.19. The van der Waals surface area contributed by atoms with E-state index in [9.17, 15) is 16.8 Å². The van der Waals surface area contributed by atoms with Gasteiger partial charge in [-0.3, -0.25) is 0 Å². The van der Waals surface area contributed by atoms with Gasteiger partial charge in [0.15, 0.2) is 0 Å². The standard InChI is InChI=1S/C8H12ClN3O4S2/c9-7-2-1-6(5-8(7)17(11,13)14)18(15,16)12-4-3-10/h1-2,5,12H,3-4,10H2,(H2,11,13,14). The third-order valence-electron chi connectivity index (χ3n) is 1.96. The molecule has 1 aromatic rings. The zero-order chi connectivity index (χ0) is 14.0. The van der Waals surface area contributed by atoms with Crippen molar-refractivity contribution in [1.29, 1.82) is 0 Å². The van der Waals surface area contributed by atoms with Gasteiger partial charge in [-0.15, -0.1) is 0 Å². The summed E-state index contributed by atoms with van der Waals surface area (Å²) >= 11 is 5.64. The van der Waals surface area contributed by atoms with Crippen LogP contribution >= 0.6 is 11.6 Å². The second-order valence-electron chi connectivity index (χ2n) is 3.32. The number of halogens is 1. The van der Waals surface area contributed by atoms with Crippen LogP contribution in [0.4, 0.5) is 0 Å². The molecule has 1 aromatic carbocycles. The van der Waals surface area contributed by atoms with Crippen molar-refractivity contribution in [3.63, 3.8) is 0 Å². The SMILES string of the molecule is NCCNS(=O)(=O)c1ccc(Cl)c(S(N)(=O)=O)c1. The lowest BCUT2D eigenvalue weighted by molar-refractivity contribution is 0.582. The molecule has 0 spiro atoms. The summed E-state index contributed by atoms with van der Waals surface area (Å²) in [7, 11) is -7.92. The van der Waals surface area contributed by atoms with E-state index in [1.807, 2.05) is 0 Å². The topological polar surface area (TPSA) is 132 Å². The van der Waals surface area contributed by atoms with Gasteiger partial charge in [-0.25, -0.2) is 26.7 Å². The minimum atomic E-state index is -4.09. The molecule has 1 rings (SSSR count). The summed E-state index contributed by atoms with van der Waals surface area (Å²) in [5.41, 5.74) is 5.17. The highest BCUT2D eigenvalue weighted by molar-refractivity contribution is 7.90. The highest BCUT2D eigenvalue weighted by atomic mass is 35.5. The quantitative estimate of drug-likeness (QED) is 0.656. The largest absolute Gasteiger partial charge is 0.329 e. The Morgan fingerprint density at radius 2 is 1.83 bits per heavy atom. The van der Waals surface area contributed by atoms with Gasteiger partial charge < -0.3 is 5.73 Å². The van der Waals surface area contributed by atoms with E-state index in [-0.39, 0.29) is 23.0 Å². The van der Waals surface area contributed by atoms with Gasteiger partial charge in [-0.2, -0.15) is 0 Å². The number of rotatable bonds is 5. The van der Waals surface area contributed by atoms with Crippen LogP contribution < -0.4 is 15.6 Å². The summed E-state index contributed by atoms with van der Waals surface area (Å²) in [6.45, 7) is 0.157. The Bertz CT molecular complexity index is 642. The highest BCUT2D eigenvalue weighted by Crippen LogP contribution is 2.23. The normalized spacial score (nSPS) is 12.6. The van der Waals surface area contributed by atoms with E-state index >= 15 is 0 Å². The lowest BCUT2D eigenvalue weighted by Gasteiger charge is -2.08. The Labute approximate surface area is 110 Å². The van der Waals surface area contributed by atoms with Crippen LogP contribution in [0.15, 0.2) is 28.0 Å². The van der Waals surface area contributed by atoms with Crippen molar-refractivity contribution in [2.24, 2.45) is 10.9 Å². The summed E-state index contributed by atoms with van der Waals surface area (Å²) in [5.74, 6) is 0. The van der Waals surface area contributed by atoms with Crippen molar-refractivity contribution in [1.82, 2.24) is 4.72 Å². The number of benzene rings is 1. The van der Waals surface area contributed by atoms with Crippen LogP contribution in [0.25, 0.3) is 0 Å². The molecule has 0 amide bonds. The lowest BCUT2D eigenvalue weighted by Crippen LogP contribution is -2.29. The molecule has 0 saturated heterocycles. The molecule has 0 aromatic heterocycles. The monoisotopic (exact) mass is 313 g/mol. The van der Waals surface area contributed by atoms with Gasteiger partial charge in [0.2, 0.25) is 20.0 Å². The van der Waals surface area contributed by atoms with Crippen molar-refractivity contribution in [2.45, 2.75) is 9.79 Å². The summed E-state index contributed by atoms with van der Waals surface area (Å²) < 4.78 is 48.1. The first-order valence-electron chi connectivity index (χ1n) is 4.70. The van der Waals surface area contributed by atoms with Crippen LogP contribution in [0.3, 0.4) is 0 Å². The van der Waals surface area contributed by atoms with Crippen LogP contribution in [0, 0.1) is 0 Å². The molecule has 10 heteroatoms. The van der Waals surface area contributed by atoms with Crippen molar-refractivity contribution in [3.05, 3.63) is 23.2 Å². The molecule has 0 atom stereocenters. The Morgan fingerprint density at radius 3 is 2.33 bits per heavy atom. The van der Waals surface area contributed by atoms with Crippen LogP contribution in [0.5, 0.6) is 0 Å². The average molecular weight is 314 g/mol. The zero-order valence-corrected chi connectivity index (χ0v) is 11.5. The van der Waals surface area contributed by atoms with E-state index in [1.165, 1.54) is 6.07 Å². The third-order valence-corrected chi connectivity index (χ3v) is 4.81. The minimum absolute atomic E-state index is 0.0374. The number of sulfonamides is 2. The third kappa shape index (κ3) is 3.64. The summed E-state index contributed by atoms with van der Waals surface area (Å²) in [4.78, 5) is -0.691. The molecule has 0 radical (unpaired) electrons. The molecule has 18 heavy (non-hydrogen) atoms. The number of hydrogen-bond acceptors (Lipinski definition) is 5. The second-order valence-corrected chi connectivity index (χ2v) is 7.03. The molecular formula is C8H12ClN3O4S2. The Kier molecular flexibility index (Phi) is 4.70. The van der Waals surface area contributed by atoms with Gasteiger partial charge in [0.05, 0.1) is 9.92 Å². The smallest absolute Gasteiger partial charge is 0.240 e. The molecule has 5 N–H and O–H groups in total. The van der Waals surface area contributed by atoms with Crippen molar-refractivity contribution >= 4 is 31.6 Å². The molecule has 7 nitrogen and oxygen atoms in total. The van der Waals surface area contributed by atoms with E-state index in [0.717, 1.165) is 12.1 Å². The van der Waals surface area contributed by atoms with Crippen LogP contribution in [-0.2, 0) is 20.0 Å². The minimum Gasteiger partial charge on any atom is -0.329 e. The maximum Gasteiger partial charge on any atom is 0.240 e.